The zero-order valence-electron chi connectivity index (χ0n) is 18.8. The number of imide groups is 1. The van der Waals surface area contributed by atoms with Crippen molar-refractivity contribution in [3.63, 3.8) is 0 Å². The van der Waals surface area contributed by atoms with Crippen molar-refractivity contribution >= 4 is 17.7 Å². The quantitative estimate of drug-likeness (QED) is 0.558. The van der Waals surface area contributed by atoms with Gasteiger partial charge in [-0.15, -0.1) is 0 Å². The Hall–Kier alpha value is -3.10. The minimum absolute atomic E-state index is 0.00226. The Kier molecular flexibility index (Phi) is 8.68. The van der Waals surface area contributed by atoms with Gasteiger partial charge in [0.05, 0.1) is 30.7 Å². The van der Waals surface area contributed by atoms with Gasteiger partial charge in [-0.25, -0.2) is 0 Å². The van der Waals surface area contributed by atoms with Crippen LogP contribution < -0.4 is 11.1 Å². The number of aliphatic hydroxyl groups is 1. The molecule has 0 aliphatic carbocycles. The number of primary amides is 1. The third kappa shape index (κ3) is 6.69. The SMILES string of the molecule is CC(C[CH]C(=O)N(C(=O)Cc1cccc(-c2ccccn2)c1)C1CCCNC[C@@H]1O)C(N)=O. The molecule has 4 N–H and O–H groups in total. The van der Waals surface area contributed by atoms with E-state index in [0.29, 0.717) is 19.5 Å². The Labute approximate surface area is 194 Å². The topological polar surface area (TPSA) is 126 Å². The second kappa shape index (κ2) is 11.7. The fraction of sp³-hybridized carbons (Fsp3) is 0.400. The van der Waals surface area contributed by atoms with Crippen LogP contribution in [0.4, 0.5) is 0 Å². The standard InChI is InChI=1S/C25H31N4O4/c1-17(25(26)33)10-11-23(31)29(21-9-5-12-27-16-22(21)30)24(32)15-18-6-4-7-19(14-18)20-8-2-3-13-28-20/h2-4,6-8,11,13-14,17,21-22,27,30H,5,9-10,12,15-16H2,1H3,(H2,26,33)/t17?,21?,22-/m0/s1. The van der Waals surface area contributed by atoms with Gasteiger partial charge in [0, 0.05) is 24.2 Å². The van der Waals surface area contributed by atoms with E-state index in [-0.39, 0.29) is 12.8 Å². The molecule has 1 saturated heterocycles. The molecule has 1 fully saturated rings. The number of benzene rings is 1. The van der Waals surface area contributed by atoms with Crippen molar-refractivity contribution in [2.75, 3.05) is 13.1 Å². The second-order valence-corrected chi connectivity index (χ2v) is 8.42. The Morgan fingerprint density at radius 2 is 2.09 bits per heavy atom. The highest BCUT2D eigenvalue weighted by Gasteiger charge is 2.35. The number of rotatable bonds is 8. The molecule has 2 unspecified atom stereocenters. The van der Waals surface area contributed by atoms with Crippen LogP contribution in [0, 0.1) is 12.3 Å². The van der Waals surface area contributed by atoms with Crippen molar-refractivity contribution in [1.82, 2.24) is 15.2 Å². The number of hydrogen-bond acceptors (Lipinski definition) is 6. The number of pyridine rings is 1. The van der Waals surface area contributed by atoms with E-state index in [1.54, 1.807) is 13.1 Å². The van der Waals surface area contributed by atoms with Gasteiger partial charge < -0.3 is 16.2 Å². The molecule has 1 radical (unpaired) electrons. The molecular weight excluding hydrogens is 420 g/mol. The molecule has 1 aliphatic rings. The summed E-state index contributed by atoms with van der Waals surface area (Å²) in [5, 5.41) is 13.8. The van der Waals surface area contributed by atoms with Gasteiger partial charge in [-0.1, -0.05) is 31.2 Å². The van der Waals surface area contributed by atoms with Crippen LogP contribution in [0.1, 0.15) is 31.7 Å². The summed E-state index contributed by atoms with van der Waals surface area (Å²) < 4.78 is 0. The number of aromatic nitrogens is 1. The van der Waals surface area contributed by atoms with Crippen LogP contribution in [0.15, 0.2) is 48.7 Å². The molecule has 175 valence electrons. The normalized spacial score (nSPS) is 19.3. The fourth-order valence-corrected chi connectivity index (χ4v) is 3.91. The van der Waals surface area contributed by atoms with Crippen LogP contribution >= 0.6 is 0 Å². The maximum atomic E-state index is 13.4. The molecule has 8 heteroatoms. The molecular formula is C25H31N4O4. The Morgan fingerprint density at radius 1 is 1.27 bits per heavy atom. The molecule has 3 atom stereocenters. The summed E-state index contributed by atoms with van der Waals surface area (Å²) in [4.78, 5) is 43.4. The lowest BCUT2D eigenvalue weighted by Crippen LogP contribution is -2.52. The van der Waals surface area contributed by atoms with E-state index >= 15 is 0 Å². The second-order valence-electron chi connectivity index (χ2n) is 8.42. The summed E-state index contributed by atoms with van der Waals surface area (Å²) >= 11 is 0. The van der Waals surface area contributed by atoms with Gasteiger partial charge in [0.15, 0.2) is 0 Å². The molecule has 0 bridgehead atoms. The van der Waals surface area contributed by atoms with Crippen molar-refractivity contribution < 1.29 is 19.5 Å². The van der Waals surface area contributed by atoms with Gasteiger partial charge in [0.1, 0.15) is 0 Å². The maximum Gasteiger partial charge on any atom is 0.233 e. The smallest absolute Gasteiger partial charge is 0.233 e. The summed E-state index contributed by atoms with van der Waals surface area (Å²) in [5.74, 6) is -1.95. The number of carbonyl (C=O) groups excluding carboxylic acids is 3. The van der Waals surface area contributed by atoms with Gasteiger partial charge >= 0.3 is 0 Å². The van der Waals surface area contributed by atoms with Crippen LogP contribution in [0.3, 0.4) is 0 Å². The van der Waals surface area contributed by atoms with E-state index in [4.69, 9.17) is 5.73 Å². The highest BCUT2D eigenvalue weighted by atomic mass is 16.3. The highest BCUT2D eigenvalue weighted by molar-refractivity contribution is 6.00. The number of amides is 3. The number of nitrogens with zero attached hydrogens (tertiary/aromatic N) is 2. The Bertz CT molecular complexity index is 966. The maximum absolute atomic E-state index is 13.4. The zero-order chi connectivity index (χ0) is 23.8. The van der Waals surface area contributed by atoms with E-state index in [1.165, 1.54) is 11.3 Å². The zero-order valence-corrected chi connectivity index (χ0v) is 18.8. The summed E-state index contributed by atoms with van der Waals surface area (Å²) in [7, 11) is 0. The van der Waals surface area contributed by atoms with Gasteiger partial charge in [-0.2, -0.15) is 0 Å². The average molecular weight is 452 g/mol. The highest BCUT2D eigenvalue weighted by Crippen LogP contribution is 2.21. The van der Waals surface area contributed by atoms with Gasteiger partial charge in [0.2, 0.25) is 17.7 Å². The molecule has 33 heavy (non-hydrogen) atoms. The minimum Gasteiger partial charge on any atom is -0.390 e. The molecule has 2 aromatic rings. The molecule has 0 saturated carbocycles. The Morgan fingerprint density at radius 3 is 2.82 bits per heavy atom. The minimum atomic E-state index is -0.873. The molecule has 0 spiro atoms. The van der Waals surface area contributed by atoms with Crippen molar-refractivity contribution in [2.45, 2.75) is 44.8 Å². The van der Waals surface area contributed by atoms with Gasteiger partial charge in [-0.3, -0.25) is 24.3 Å². The average Bonchev–Trinajstić information content (AvgIpc) is 3.02. The van der Waals surface area contributed by atoms with Crippen LogP contribution in [0.5, 0.6) is 0 Å². The number of nitrogens with two attached hydrogens (primary N) is 1. The molecule has 8 nitrogen and oxygen atoms in total. The van der Waals surface area contributed by atoms with Crippen LogP contribution in [0.25, 0.3) is 11.3 Å². The number of β-amino-alcohol motifs (C(OH)–C–C–N with tert-alkyl or cyclic N) is 1. The number of carbonyl (C=O) groups is 3. The first-order valence-electron chi connectivity index (χ1n) is 11.2. The summed E-state index contributed by atoms with van der Waals surface area (Å²) in [5.41, 5.74) is 7.71. The molecule has 3 amide bonds. The number of nitrogens with one attached hydrogen (secondary N) is 1. The number of hydrogen-bond donors (Lipinski definition) is 3. The fourth-order valence-electron chi connectivity index (χ4n) is 3.91. The lowest BCUT2D eigenvalue weighted by Gasteiger charge is -2.32. The number of aliphatic hydroxyl groups excluding tert-OH is 1. The van der Waals surface area contributed by atoms with E-state index in [9.17, 15) is 19.5 Å². The first kappa shape index (κ1) is 24.5. The lowest BCUT2D eigenvalue weighted by molar-refractivity contribution is -0.148. The van der Waals surface area contributed by atoms with Crippen LogP contribution in [0.2, 0.25) is 0 Å². The monoisotopic (exact) mass is 451 g/mol. The third-order valence-electron chi connectivity index (χ3n) is 5.86. The summed E-state index contributed by atoms with van der Waals surface area (Å²) in [6.45, 7) is 2.64. The predicted octanol–water partition coefficient (Wildman–Crippen LogP) is 1.47. The Balaban J connectivity index is 1.81. The lowest BCUT2D eigenvalue weighted by atomic mass is 9.99. The summed E-state index contributed by atoms with van der Waals surface area (Å²) in [6.07, 6.45) is 3.52. The van der Waals surface area contributed by atoms with Gasteiger partial charge in [0.25, 0.3) is 0 Å². The predicted molar refractivity (Wildman–Crippen MR) is 124 cm³/mol. The molecule has 1 aliphatic heterocycles. The first-order chi connectivity index (χ1) is 15.9. The molecule has 1 aromatic carbocycles. The van der Waals surface area contributed by atoms with Crippen molar-refractivity contribution in [1.29, 1.82) is 0 Å². The van der Waals surface area contributed by atoms with Crippen molar-refractivity contribution in [2.24, 2.45) is 11.7 Å². The van der Waals surface area contributed by atoms with Gasteiger partial charge in [-0.05, 0) is 49.6 Å². The van der Waals surface area contributed by atoms with E-state index in [0.717, 1.165) is 23.2 Å². The van der Waals surface area contributed by atoms with Crippen molar-refractivity contribution in [3.05, 3.63) is 60.6 Å². The molecule has 3 rings (SSSR count). The largest absolute Gasteiger partial charge is 0.390 e. The summed E-state index contributed by atoms with van der Waals surface area (Å²) in [6, 6.07) is 12.5. The molecule has 1 aromatic heterocycles. The van der Waals surface area contributed by atoms with Crippen LogP contribution in [-0.4, -0.2) is 57.9 Å². The third-order valence-corrected chi connectivity index (χ3v) is 5.86. The first-order valence-corrected chi connectivity index (χ1v) is 11.2. The van der Waals surface area contributed by atoms with Crippen LogP contribution in [-0.2, 0) is 20.8 Å². The van der Waals surface area contributed by atoms with E-state index in [1.807, 2.05) is 42.5 Å². The molecule has 2 heterocycles. The van der Waals surface area contributed by atoms with Crippen molar-refractivity contribution in [3.8, 4) is 11.3 Å². The van der Waals surface area contributed by atoms with E-state index < -0.39 is 35.8 Å². The van der Waals surface area contributed by atoms with E-state index in [2.05, 4.69) is 10.3 Å².